The SMILES string of the molecule is CCNC(=O)C(C)Nc1cc(C(=O)O)c(Cl)cn1. The van der Waals surface area contributed by atoms with E-state index in [1.54, 1.807) is 6.92 Å². The molecule has 18 heavy (non-hydrogen) atoms. The number of aromatic carboxylic acids is 1. The first kappa shape index (κ1) is 14.2. The average Bonchev–Trinajstić information content (AvgIpc) is 2.31. The van der Waals surface area contributed by atoms with E-state index in [9.17, 15) is 9.59 Å². The van der Waals surface area contributed by atoms with Crippen LogP contribution in [-0.2, 0) is 4.79 Å². The zero-order valence-electron chi connectivity index (χ0n) is 10.0. The Balaban J connectivity index is 2.82. The number of nitrogens with zero attached hydrogens (tertiary/aromatic N) is 1. The summed E-state index contributed by atoms with van der Waals surface area (Å²) in [7, 11) is 0. The number of anilines is 1. The molecule has 1 aromatic heterocycles. The summed E-state index contributed by atoms with van der Waals surface area (Å²) >= 11 is 5.69. The highest BCUT2D eigenvalue weighted by molar-refractivity contribution is 6.33. The summed E-state index contributed by atoms with van der Waals surface area (Å²) in [6.07, 6.45) is 1.23. The van der Waals surface area contributed by atoms with Gasteiger partial charge in [-0.05, 0) is 19.9 Å². The van der Waals surface area contributed by atoms with Gasteiger partial charge in [0.15, 0.2) is 0 Å². The summed E-state index contributed by atoms with van der Waals surface area (Å²) in [6.45, 7) is 3.99. The second kappa shape index (κ2) is 6.20. The molecule has 0 saturated heterocycles. The van der Waals surface area contributed by atoms with Crippen LogP contribution < -0.4 is 10.6 Å². The Kier molecular flexibility index (Phi) is 4.91. The van der Waals surface area contributed by atoms with E-state index in [1.165, 1.54) is 12.3 Å². The van der Waals surface area contributed by atoms with Crippen LogP contribution in [0.4, 0.5) is 5.82 Å². The predicted molar refractivity (Wildman–Crippen MR) is 68.0 cm³/mol. The topological polar surface area (TPSA) is 91.3 Å². The molecule has 0 bridgehead atoms. The lowest BCUT2D eigenvalue weighted by Gasteiger charge is -2.14. The number of aromatic nitrogens is 1. The van der Waals surface area contributed by atoms with Crippen LogP contribution in [0.2, 0.25) is 5.02 Å². The van der Waals surface area contributed by atoms with Gasteiger partial charge < -0.3 is 15.7 Å². The normalized spacial score (nSPS) is 11.7. The summed E-state index contributed by atoms with van der Waals surface area (Å²) in [4.78, 5) is 26.3. The molecule has 1 aromatic rings. The highest BCUT2D eigenvalue weighted by Crippen LogP contribution is 2.18. The first-order valence-corrected chi connectivity index (χ1v) is 5.76. The Bertz CT molecular complexity index is 465. The zero-order valence-corrected chi connectivity index (χ0v) is 10.8. The first-order chi connectivity index (χ1) is 8.45. The number of hydrogen-bond donors (Lipinski definition) is 3. The molecule has 1 atom stereocenters. The third-order valence-corrected chi connectivity index (χ3v) is 2.50. The fourth-order valence-corrected chi connectivity index (χ4v) is 1.48. The van der Waals surface area contributed by atoms with Crippen LogP contribution in [0.25, 0.3) is 0 Å². The molecule has 0 saturated carbocycles. The lowest BCUT2D eigenvalue weighted by molar-refractivity contribution is -0.121. The summed E-state index contributed by atoms with van der Waals surface area (Å²) in [5.41, 5.74) is -0.0581. The van der Waals surface area contributed by atoms with Crippen molar-refractivity contribution in [1.29, 1.82) is 0 Å². The minimum absolute atomic E-state index is 0.0544. The minimum Gasteiger partial charge on any atom is -0.478 e. The quantitative estimate of drug-likeness (QED) is 0.752. The van der Waals surface area contributed by atoms with Gasteiger partial charge in [0.25, 0.3) is 0 Å². The summed E-state index contributed by atoms with van der Waals surface area (Å²) in [5.74, 6) is -1.04. The van der Waals surface area contributed by atoms with Crippen molar-refractivity contribution in [2.24, 2.45) is 0 Å². The number of nitrogens with one attached hydrogen (secondary N) is 2. The number of carbonyl (C=O) groups excluding carboxylic acids is 1. The molecule has 3 N–H and O–H groups in total. The van der Waals surface area contributed by atoms with Crippen molar-refractivity contribution in [3.63, 3.8) is 0 Å². The number of pyridine rings is 1. The van der Waals surface area contributed by atoms with Gasteiger partial charge in [0.1, 0.15) is 11.9 Å². The van der Waals surface area contributed by atoms with Crippen LogP contribution in [0.3, 0.4) is 0 Å². The molecule has 1 unspecified atom stereocenters. The number of carboxylic acids is 1. The third kappa shape index (κ3) is 3.59. The summed E-state index contributed by atoms with van der Waals surface area (Å²) < 4.78 is 0. The van der Waals surface area contributed by atoms with E-state index >= 15 is 0 Å². The molecule has 0 aliphatic carbocycles. The molecule has 1 amide bonds. The van der Waals surface area contributed by atoms with Gasteiger partial charge in [0.05, 0.1) is 10.6 Å². The minimum atomic E-state index is -1.14. The Labute approximate surface area is 109 Å². The van der Waals surface area contributed by atoms with E-state index in [2.05, 4.69) is 15.6 Å². The first-order valence-electron chi connectivity index (χ1n) is 5.38. The Morgan fingerprint density at radius 1 is 1.56 bits per heavy atom. The maximum Gasteiger partial charge on any atom is 0.337 e. The second-order valence-corrected chi connectivity index (χ2v) is 4.02. The van der Waals surface area contributed by atoms with Crippen LogP contribution in [0, 0.1) is 0 Å². The molecule has 98 valence electrons. The van der Waals surface area contributed by atoms with Gasteiger partial charge in [0.2, 0.25) is 5.91 Å². The van der Waals surface area contributed by atoms with Gasteiger partial charge in [0, 0.05) is 12.7 Å². The van der Waals surface area contributed by atoms with Crippen molar-refractivity contribution in [2.75, 3.05) is 11.9 Å². The van der Waals surface area contributed by atoms with Crippen molar-refractivity contribution in [3.8, 4) is 0 Å². The predicted octanol–water partition coefficient (Wildman–Crippen LogP) is 1.37. The maximum absolute atomic E-state index is 11.5. The number of likely N-dealkylation sites (N-methyl/N-ethyl adjacent to an activating group) is 1. The number of amides is 1. The van der Waals surface area contributed by atoms with E-state index in [0.717, 1.165) is 0 Å². The molecule has 6 nitrogen and oxygen atoms in total. The second-order valence-electron chi connectivity index (χ2n) is 3.62. The van der Waals surface area contributed by atoms with Crippen molar-refractivity contribution < 1.29 is 14.7 Å². The molecule has 0 aromatic carbocycles. The van der Waals surface area contributed by atoms with Crippen molar-refractivity contribution in [2.45, 2.75) is 19.9 Å². The van der Waals surface area contributed by atoms with Crippen LogP contribution >= 0.6 is 11.6 Å². The fourth-order valence-electron chi connectivity index (χ4n) is 1.30. The third-order valence-electron chi connectivity index (χ3n) is 2.19. The van der Waals surface area contributed by atoms with Crippen molar-refractivity contribution in [1.82, 2.24) is 10.3 Å². The number of carboxylic acid groups (broad SMARTS) is 1. The number of halogens is 1. The van der Waals surface area contributed by atoms with Gasteiger partial charge >= 0.3 is 5.97 Å². The van der Waals surface area contributed by atoms with E-state index in [-0.39, 0.29) is 22.3 Å². The molecule has 0 aliphatic rings. The lowest BCUT2D eigenvalue weighted by Crippen LogP contribution is -2.37. The van der Waals surface area contributed by atoms with Gasteiger partial charge in [-0.1, -0.05) is 11.6 Å². The van der Waals surface area contributed by atoms with Crippen LogP contribution in [0.5, 0.6) is 0 Å². The van der Waals surface area contributed by atoms with Crippen LogP contribution in [0.1, 0.15) is 24.2 Å². The highest BCUT2D eigenvalue weighted by Gasteiger charge is 2.15. The van der Waals surface area contributed by atoms with Crippen molar-refractivity contribution >= 4 is 29.3 Å². The molecule has 0 aliphatic heterocycles. The number of rotatable bonds is 5. The molecule has 1 rings (SSSR count). The Hall–Kier alpha value is -1.82. The Morgan fingerprint density at radius 2 is 2.22 bits per heavy atom. The molecular formula is C11H14ClN3O3. The van der Waals surface area contributed by atoms with Gasteiger partial charge in [-0.2, -0.15) is 0 Å². The summed E-state index contributed by atoms with van der Waals surface area (Å²) in [5, 5.41) is 14.4. The standard InChI is InChI=1S/C11H14ClN3O3/c1-3-13-10(16)6(2)15-9-4-7(11(17)18)8(12)5-14-9/h4-6H,3H2,1-2H3,(H,13,16)(H,14,15)(H,17,18). The van der Waals surface area contributed by atoms with Crippen LogP contribution in [-0.4, -0.2) is 34.6 Å². The smallest absolute Gasteiger partial charge is 0.337 e. The average molecular weight is 272 g/mol. The molecule has 0 spiro atoms. The van der Waals surface area contributed by atoms with Crippen molar-refractivity contribution in [3.05, 3.63) is 22.8 Å². The summed E-state index contributed by atoms with van der Waals surface area (Å²) in [6, 6.07) is 0.778. The van der Waals surface area contributed by atoms with E-state index in [0.29, 0.717) is 6.54 Å². The van der Waals surface area contributed by atoms with Gasteiger partial charge in [-0.25, -0.2) is 9.78 Å². The monoisotopic (exact) mass is 271 g/mol. The number of hydrogen-bond acceptors (Lipinski definition) is 4. The lowest BCUT2D eigenvalue weighted by atomic mass is 10.2. The zero-order chi connectivity index (χ0) is 13.7. The molecular weight excluding hydrogens is 258 g/mol. The fraction of sp³-hybridized carbons (Fsp3) is 0.364. The van der Waals surface area contributed by atoms with Gasteiger partial charge in [-0.15, -0.1) is 0 Å². The largest absolute Gasteiger partial charge is 0.478 e. The highest BCUT2D eigenvalue weighted by atomic mass is 35.5. The number of carbonyl (C=O) groups is 2. The molecule has 0 fully saturated rings. The maximum atomic E-state index is 11.5. The molecule has 7 heteroatoms. The Morgan fingerprint density at radius 3 is 2.78 bits per heavy atom. The van der Waals surface area contributed by atoms with E-state index in [4.69, 9.17) is 16.7 Å². The van der Waals surface area contributed by atoms with Crippen LogP contribution in [0.15, 0.2) is 12.3 Å². The molecule has 1 heterocycles. The van der Waals surface area contributed by atoms with E-state index < -0.39 is 12.0 Å². The molecule has 0 radical (unpaired) electrons. The van der Waals surface area contributed by atoms with E-state index in [1.807, 2.05) is 6.92 Å². The van der Waals surface area contributed by atoms with Gasteiger partial charge in [-0.3, -0.25) is 4.79 Å².